The maximum Gasteiger partial charge on any atom is 0.381 e. The highest BCUT2D eigenvalue weighted by Crippen LogP contribution is 1.85. The van der Waals surface area contributed by atoms with Crippen LogP contribution in [0.15, 0.2) is 0 Å². The van der Waals surface area contributed by atoms with Crippen molar-refractivity contribution in [3.63, 3.8) is 0 Å². The molecule has 0 aliphatic carbocycles. The Morgan fingerprint density at radius 1 is 1.17 bits per heavy atom. The molecule has 0 heterocycles. The number of thiocarbonyl (C=S) groups is 1. The number of carbonyl (C=O) groups is 1. The van der Waals surface area contributed by atoms with Crippen LogP contribution in [0.25, 0.3) is 0 Å². The Hall–Kier alpha value is -0.353. The summed E-state index contributed by atoms with van der Waals surface area (Å²) in [4.78, 5) is 9.09. The Kier molecular flexibility index (Phi) is 24.1. The first kappa shape index (κ1) is 22.8. The largest absolute Gasteiger partial charge is 0.472 e. The fraction of sp³-hybridized carbons (Fsp3) is 0.778. The van der Waals surface area contributed by atoms with E-state index in [1.54, 1.807) is 0 Å². The molecule has 0 aromatic heterocycles. The number of ether oxygens (including phenoxy) is 1. The number of hydrogen-bond donors (Lipinski definition) is 3. The number of rotatable bonds is 5. The van der Waals surface area contributed by atoms with E-state index < -0.39 is 14.5 Å². The lowest BCUT2D eigenvalue weighted by Gasteiger charge is -2.05. The lowest BCUT2D eigenvalue weighted by molar-refractivity contribution is 0.219. The molecule has 0 spiro atoms. The fourth-order valence-electron chi connectivity index (χ4n) is 0.590. The first-order valence-electron chi connectivity index (χ1n) is 5.31. The summed E-state index contributed by atoms with van der Waals surface area (Å²) in [6.45, 7) is 9.89. The normalized spacial score (nSPS) is 8.56. The molecule has 0 aromatic rings. The van der Waals surface area contributed by atoms with Gasteiger partial charge in [0.1, 0.15) is 0 Å². The van der Waals surface area contributed by atoms with E-state index in [0.29, 0.717) is 6.61 Å². The standard InChI is InChI=1S/C5H13O2Si.C3H7NOS.CH3NOS/c1-4-6-8(3)7-5-2;1-2-5-3(4)6;2-1(3)4/h4-5H2,1-3H3;2H2,1H3,(H2,4,6);(H3,2,3,4). The second kappa shape index (κ2) is 19.0. The molecule has 0 aliphatic rings. The molecule has 0 rings (SSSR count). The Balaban J connectivity index is -0.000000200. The Bertz CT molecular complexity index is 201. The maximum atomic E-state index is 9.09. The fourth-order valence-corrected chi connectivity index (χ4v) is 1.60. The van der Waals surface area contributed by atoms with Crippen LogP contribution in [0.5, 0.6) is 0 Å². The molecule has 0 bridgehead atoms. The van der Waals surface area contributed by atoms with E-state index in [9.17, 15) is 0 Å². The van der Waals surface area contributed by atoms with Crippen molar-refractivity contribution in [3.05, 3.63) is 0 Å². The third kappa shape index (κ3) is 44.9. The van der Waals surface area contributed by atoms with Gasteiger partial charge in [-0.25, -0.2) is 0 Å². The van der Waals surface area contributed by atoms with E-state index in [1.807, 2.05) is 27.3 Å². The van der Waals surface area contributed by atoms with Crippen molar-refractivity contribution in [3.8, 4) is 0 Å². The van der Waals surface area contributed by atoms with Gasteiger partial charge in [-0.2, -0.15) is 0 Å². The molecule has 0 saturated heterocycles. The number of thiol groups is 1. The molecule has 1 amide bonds. The van der Waals surface area contributed by atoms with Crippen LogP contribution in [0.3, 0.4) is 0 Å². The first-order valence-corrected chi connectivity index (χ1v) is 7.98. The summed E-state index contributed by atoms with van der Waals surface area (Å²) in [5.41, 5.74) is 9.25. The van der Waals surface area contributed by atoms with Crippen molar-refractivity contribution in [2.45, 2.75) is 27.3 Å². The zero-order valence-corrected chi connectivity index (χ0v) is 14.0. The smallest absolute Gasteiger partial charge is 0.381 e. The average molecular weight is 316 g/mol. The zero-order chi connectivity index (χ0) is 15.0. The van der Waals surface area contributed by atoms with E-state index in [-0.39, 0.29) is 5.17 Å². The highest BCUT2D eigenvalue weighted by molar-refractivity contribution is 7.96. The SMILES string of the molecule is CCOC(N)=S.CCO[Si](C)OCC.NC(=O)S. The van der Waals surface area contributed by atoms with Gasteiger partial charge in [0.15, 0.2) is 0 Å². The molecule has 6 nitrogen and oxygen atoms in total. The van der Waals surface area contributed by atoms with Gasteiger partial charge in [-0.3, -0.25) is 4.79 Å². The van der Waals surface area contributed by atoms with Gasteiger partial charge in [0.05, 0.1) is 6.61 Å². The number of amides is 1. The van der Waals surface area contributed by atoms with Crippen molar-refractivity contribution in [2.75, 3.05) is 19.8 Å². The molecule has 4 N–H and O–H groups in total. The molecule has 0 aliphatic heterocycles. The zero-order valence-electron chi connectivity index (χ0n) is 11.3. The van der Waals surface area contributed by atoms with Crippen molar-refractivity contribution in [1.29, 1.82) is 0 Å². The van der Waals surface area contributed by atoms with E-state index in [1.165, 1.54) is 0 Å². The monoisotopic (exact) mass is 315 g/mol. The van der Waals surface area contributed by atoms with Gasteiger partial charge < -0.3 is 25.1 Å². The molecule has 0 fully saturated rings. The molecule has 0 aromatic carbocycles. The predicted octanol–water partition coefficient (Wildman–Crippen LogP) is 1.44. The lowest BCUT2D eigenvalue weighted by Crippen LogP contribution is -2.17. The molecular formula is C9H23N2O4S2Si. The van der Waals surface area contributed by atoms with Gasteiger partial charge in [0, 0.05) is 13.2 Å². The molecule has 18 heavy (non-hydrogen) atoms. The molecular weight excluding hydrogens is 292 g/mol. The van der Waals surface area contributed by atoms with Gasteiger partial charge in [-0.15, -0.1) is 0 Å². The molecule has 0 saturated carbocycles. The Labute approximate surface area is 122 Å². The van der Waals surface area contributed by atoms with Crippen molar-refractivity contribution >= 4 is 44.5 Å². The second-order valence-electron chi connectivity index (χ2n) is 2.45. The van der Waals surface area contributed by atoms with Crippen LogP contribution in [-0.2, 0) is 13.6 Å². The molecule has 1 radical (unpaired) electrons. The summed E-state index contributed by atoms with van der Waals surface area (Å²) in [6.07, 6.45) is 0. The lowest BCUT2D eigenvalue weighted by atomic mass is 10.9. The maximum absolute atomic E-state index is 9.09. The first-order chi connectivity index (χ1) is 8.31. The number of carbonyl (C=O) groups excluding carboxylic acids is 1. The third-order valence-electron chi connectivity index (χ3n) is 0.982. The number of primary amides is 1. The molecule has 0 atom stereocenters. The topological polar surface area (TPSA) is 96.8 Å². The quantitative estimate of drug-likeness (QED) is 0.403. The van der Waals surface area contributed by atoms with Gasteiger partial charge in [-0.1, -0.05) is 12.6 Å². The highest BCUT2D eigenvalue weighted by Gasteiger charge is 2.02. The summed E-state index contributed by atoms with van der Waals surface area (Å²) in [5, 5.41) is -0.516. The van der Waals surface area contributed by atoms with Crippen molar-refractivity contribution < 1.29 is 18.4 Å². The summed E-state index contributed by atoms with van der Waals surface area (Å²) >= 11 is 7.46. The minimum atomic E-state index is -0.891. The van der Waals surface area contributed by atoms with Crippen LogP contribution >= 0.6 is 24.8 Å². The predicted molar refractivity (Wildman–Crippen MR) is 81.9 cm³/mol. The van der Waals surface area contributed by atoms with Crippen LogP contribution in [0, 0.1) is 0 Å². The van der Waals surface area contributed by atoms with Crippen LogP contribution in [-0.4, -0.2) is 39.5 Å². The van der Waals surface area contributed by atoms with E-state index in [0.717, 1.165) is 13.2 Å². The Morgan fingerprint density at radius 3 is 1.61 bits per heavy atom. The van der Waals surface area contributed by atoms with Crippen LogP contribution in [0.1, 0.15) is 20.8 Å². The second-order valence-corrected chi connectivity index (χ2v) is 4.85. The van der Waals surface area contributed by atoms with Crippen molar-refractivity contribution in [1.82, 2.24) is 0 Å². The summed E-state index contributed by atoms with van der Waals surface area (Å²) < 4.78 is 14.9. The van der Waals surface area contributed by atoms with E-state index >= 15 is 0 Å². The third-order valence-corrected chi connectivity index (χ3v) is 2.49. The number of nitrogens with two attached hydrogens (primary N) is 2. The molecule has 9 heteroatoms. The number of hydrogen-bond acceptors (Lipinski definition) is 5. The van der Waals surface area contributed by atoms with Crippen molar-refractivity contribution in [2.24, 2.45) is 11.5 Å². The van der Waals surface area contributed by atoms with Gasteiger partial charge in [0.2, 0.25) is 0 Å². The summed E-state index contributed by atoms with van der Waals surface area (Å²) in [5.74, 6) is 0. The van der Waals surface area contributed by atoms with Crippen LogP contribution in [0.4, 0.5) is 4.79 Å². The molecule has 0 unspecified atom stereocenters. The summed E-state index contributed by atoms with van der Waals surface area (Å²) in [6, 6.07) is 0. The minimum Gasteiger partial charge on any atom is -0.472 e. The van der Waals surface area contributed by atoms with E-state index in [4.69, 9.17) is 19.4 Å². The summed E-state index contributed by atoms with van der Waals surface area (Å²) in [7, 11) is -0.891. The van der Waals surface area contributed by atoms with Crippen LogP contribution < -0.4 is 11.5 Å². The molecule has 109 valence electrons. The average Bonchev–Trinajstić information content (AvgIpc) is 2.17. The van der Waals surface area contributed by atoms with Crippen LogP contribution in [0.2, 0.25) is 6.55 Å². The highest BCUT2D eigenvalue weighted by atomic mass is 32.1. The van der Waals surface area contributed by atoms with Gasteiger partial charge >= 0.3 is 9.28 Å². The Morgan fingerprint density at radius 2 is 1.50 bits per heavy atom. The van der Waals surface area contributed by atoms with Gasteiger partial charge in [-0.05, 0) is 39.5 Å². The minimum absolute atomic E-state index is 0.123. The van der Waals surface area contributed by atoms with E-state index in [2.05, 4.69) is 35.3 Å². The van der Waals surface area contributed by atoms with Gasteiger partial charge in [0.25, 0.3) is 10.4 Å².